The Morgan fingerprint density at radius 2 is 2.42 bits per heavy atom. The normalized spacial score (nSPS) is 11.8. The molecule has 1 unspecified atom stereocenters. The summed E-state index contributed by atoms with van der Waals surface area (Å²) in [4.78, 5) is 10.7. The molecule has 0 rings (SSSR count). The van der Waals surface area contributed by atoms with Crippen LogP contribution in [-0.4, -0.2) is 25.7 Å². The molecule has 0 aliphatic rings. The average molecular weight is 170 g/mol. The van der Waals surface area contributed by atoms with Crippen LogP contribution in [0.4, 0.5) is 0 Å². The van der Waals surface area contributed by atoms with Crippen LogP contribution in [0.2, 0.25) is 0 Å². The van der Waals surface area contributed by atoms with E-state index >= 15 is 0 Å². The molecular weight excluding hydrogens is 156 g/mol. The highest BCUT2D eigenvalue weighted by Crippen LogP contribution is 1.86. The number of nitrogens with zero attached hydrogens (tertiary/aromatic N) is 1. The molecule has 1 atom stereocenters. The number of nitriles is 1. The van der Waals surface area contributed by atoms with E-state index in [2.05, 4.69) is 16.1 Å². The lowest BCUT2D eigenvalue weighted by Crippen LogP contribution is -2.28. The molecule has 68 valence electrons. The van der Waals surface area contributed by atoms with Crippen LogP contribution in [0.15, 0.2) is 0 Å². The van der Waals surface area contributed by atoms with Crippen molar-refractivity contribution in [2.45, 2.75) is 13.8 Å². The van der Waals surface area contributed by atoms with Gasteiger partial charge in [0.15, 0.2) is 0 Å². The van der Waals surface area contributed by atoms with E-state index in [1.165, 1.54) is 0 Å². The van der Waals surface area contributed by atoms with Crippen molar-refractivity contribution in [3.63, 3.8) is 0 Å². The van der Waals surface area contributed by atoms with Crippen molar-refractivity contribution in [2.75, 3.05) is 19.7 Å². The van der Waals surface area contributed by atoms with Crippen LogP contribution < -0.4 is 5.32 Å². The summed E-state index contributed by atoms with van der Waals surface area (Å²) in [6, 6.07) is 2.06. The van der Waals surface area contributed by atoms with Crippen molar-refractivity contribution >= 4 is 5.97 Å². The summed E-state index contributed by atoms with van der Waals surface area (Å²) in [5.41, 5.74) is 0. The second kappa shape index (κ2) is 6.62. The lowest BCUT2D eigenvalue weighted by molar-refractivity contribution is -0.142. The molecule has 0 saturated heterocycles. The summed E-state index contributed by atoms with van der Waals surface area (Å²) in [6.07, 6.45) is 0. The molecule has 0 aromatic carbocycles. The molecule has 4 heteroatoms. The lowest BCUT2D eigenvalue weighted by atomic mass is 10.2. The van der Waals surface area contributed by atoms with E-state index in [1.54, 1.807) is 13.8 Å². The van der Waals surface area contributed by atoms with Gasteiger partial charge in [0.05, 0.1) is 25.1 Å². The maximum atomic E-state index is 10.7. The van der Waals surface area contributed by atoms with Gasteiger partial charge in [0.1, 0.15) is 0 Å². The number of rotatable bonds is 5. The molecule has 0 aromatic heterocycles. The molecule has 0 bridgehead atoms. The molecule has 0 spiro atoms. The van der Waals surface area contributed by atoms with E-state index in [0.29, 0.717) is 13.2 Å². The fourth-order valence-corrected chi connectivity index (χ4v) is 0.648. The van der Waals surface area contributed by atoms with Gasteiger partial charge in [0.2, 0.25) is 0 Å². The quantitative estimate of drug-likeness (QED) is 0.603. The standard InChI is InChI=1S/C8H14N2O2/c1-3-12-8(11)6-10-5-7(2)4-9/h7,10H,3,5-6H2,1-2H3. The van der Waals surface area contributed by atoms with Crippen LogP contribution in [0, 0.1) is 17.2 Å². The van der Waals surface area contributed by atoms with Gasteiger partial charge in [-0.25, -0.2) is 0 Å². The number of ether oxygens (including phenoxy) is 1. The number of nitrogens with one attached hydrogen (secondary N) is 1. The Morgan fingerprint density at radius 1 is 1.75 bits per heavy atom. The SMILES string of the molecule is CCOC(=O)CNCC(C)C#N. The van der Waals surface area contributed by atoms with Gasteiger partial charge in [-0.05, 0) is 13.8 Å². The molecule has 1 N–H and O–H groups in total. The van der Waals surface area contributed by atoms with Crippen LogP contribution in [0.3, 0.4) is 0 Å². The Morgan fingerprint density at radius 3 is 2.92 bits per heavy atom. The van der Waals surface area contributed by atoms with Crippen molar-refractivity contribution in [3.8, 4) is 6.07 Å². The predicted molar refractivity (Wildman–Crippen MR) is 44.3 cm³/mol. The molecule has 4 nitrogen and oxygen atoms in total. The summed E-state index contributed by atoms with van der Waals surface area (Å²) in [6.45, 7) is 4.65. The van der Waals surface area contributed by atoms with Crippen LogP contribution in [0.1, 0.15) is 13.8 Å². The summed E-state index contributed by atoms with van der Waals surface area (Å²) >= 11 is 0. The van der Waals surface area contributed by atoms with E-state index in [9.17, 15) is 4.79 Å². The zero-order valence-corrected chi connectivity index (χ0v) is 7.46. The maximum absolute atomic E-state index is 10.7. The topological polar surface area (TPSA) is 62.1 Å². The van der Waals surface area contributed by atoms with E-state index in [4.69, 9.17) is 5.26 Å². The molecule has 0 aliphatic heterocycles. The van der Waals surface area contributed by atoms with Crippen LogP contribution in [0.5, 0.6) is 0 Å². The summed E-state index contributed by atoms with van der Waals surface area (Å²) in [5.74, 6) is -0.345. The molecule has 0 saturated carbocycles. The van der Waals surface area contributed by atoms with Crippen molar-refractivity contribution in [2.24, 2.45) is 5.92 Å². The molecule has 0 heterocycles. The molecule has 0 aliphatic carbocycles. The van der Waals surface area contributed by atoms with Gasteiger partial charge in [-0.2, -0.15) is 5.26 Å². The van der Waals surface area contributed by atoms with Gasteiger partial charge >= 0.3 is 5.97 Å². The Bertz CT molecular complexity index is 174. The Labute approximate surface area is 72.5 Å². The molecular formula is C8H14N2O2. The minimum Gasteiger partial charge on any atom is -0.465 e. The van der Waals surface area contributed by atoms with E-state index in [-0.39, 0.29) is 18.4 Å². The highest BCUT2D eigenvalue weighted by atomic mass is 16.5. The number of carbonyl (C=O) groups excluding carboxylic acids is 1. The predicted octanol–water partition coefficient (Wildman–Crippen LogP) is 0.299. The second-order valence-corrected chi connectivity index (χ2v) is 2.47. The van der Waals surface area contributed by atoms with Crippen LogP contribution in [0.25, 0.3) is 0 Å². The van der Waals surface area contributed by atoms with Crippen molar-refractivity contribution in [3.05, 3.63) is 0 Å². The molecule has 0 aromatic rings. The van der Waals surface area contributed by atoms with Crippen molar-refractivity contribution in [1.82, 2.24) is 5.32 Å². The number of hydrogen-bond donors (Lipinski definition) is 1. The minimum atomic E-state index is -0.275. The molecule has 0 radical (unpaired) electrons. The Balaban J connectivity index is 3.32. The molecule has 12 heavy (non-hydrogen) atoms. The number of hydrogen-bond acceptors (Lipinski definition) is 4. The first-order chi connectivity index (χ1) is 5.70. The highest BCUT2D eigenvalue weighted by molar-refractivity contribution is 5.71. The fraction of sp³-hybridized carbons (Fsp3) is 0.750. The van der Waals surface area contributed by atoms with E-state index < -0.39 is 0 Å². The molecule has 0 amide bonds. The van der Waals surface area contributed by atoms with Gasteiger partial charge in [-0.15, -0.1) is 0 Å². The first kappa shape index (κ1) is 10.9. The first-order valence-corrected chi connectivity index (χ1v) is 3.96. The van der Waals surface area contributed by atoms with Gasteiger partial charge in [0.25, 0.3) is 0 Å². The maximum Gasteiger partial charge on any atom is 0.319 e. The highest BCUT2D eigenvalue weighted by Gasteiger charge is 2.02. The third-order valence-corrected chi connectivity index (χ3v) is 1.25. The van der Waals surface area contributed by atoms with E-state index in [1.807, 2.05) is 0 Å². The monoisotopic (exact) mass is 170 g/mol. The van der Waals surface area contributed by atoms with Crippen LogP contribution >= 0.6 is 0 Å². The third kappa shape index (κ3) is 5.69. The van der Waals surface area contributed by atoms with Crippen molar-refractivity contribution in [1.29, 1.82) is 5.26 Å². The van der Waals surface area contributed by atoms with Crippen LogP contribution in [-0.2, 0) is 9.53 Å². The average Bonchev–Trinajstić information content (AvgIpc) is 2.04. The van der Waals surface area contributed by atoms with Crippen molar-refractivity contribution < 1.29 is 9.53 Å². The smallest absolute Gasteiger partial charge is 0.319 e. The first-order valence-electron chi connectivity index (χ1n) is 3.96. The second-order valence-electron chi connectivity index (χ2n) is 2.47. The zero-order valence-electron chi connectivity index (χ0n) is 7.46. The van der Waals surface area contributed by atoms with Gasteiger partial charge < -0.3 is 10.1 Å². The number of esters is 1. The summed E-state index contributed by atoms with van der Waals surface area (Å²) in [5, 5.41) is 11.2. The lowest BCUT2D eigenvalue weighted by Gasteiger charge is -2.04. The van der Waals surface area contributed by atoms with Gasteiger partial charge in [-0.3, -0.25) is 4.79 Å². The minimum absolute atomic E-state index is 0.0700. The largest absolute Gasteiger partial charge is 0.465 e. The Hall–Kier alpha value is -1.08. The number of carbonyl (C=O) groups is 1. The molecule has 0 fully saturated rings. The van der Waals surface area contributed by atoms with Gasteiger partial charge in [-0.1, -0.05) is 0 Å². The van der Waals surface area contributed by atoms with Gasteiger partial charge in [0, 0.05) is 6.54 Å². The third-order valence-electron chi connectivity index (χ3n) is 1.25. The van der Waals surface area contributed by atoms with E-state index in [0.717, 1.165) is 0 Å². The zero-order chi connectivity index (χ0) is 9.40. The fourth-order valence-electron chi connectivity index (χ4n) is 0.648. The Kier molecular flexibility index (Phi) is 6.02. The summed E-state index contributed by atoms with van der Waals surface area (Å²) in [7, 11) is 0. The summed E-state index contributed by atoms with van der Waals surface area (Å²) < 4.78 is 4.67.